The van der Waals surface area contributed by atoms with Crippen LogP contribution in [0.3, 0.4) is 0 Å². The molecule has 8 saturated carbocycles. The van der Waals surface area contributed by atoms with Crippen molar-refractivity contribution in [2.75, 3.05) is 54.5 Å². The minimum atomic E-state index is -1.32. The van der Waals surface area contributed by atoms with Gasteiger partial charge in [-0.3, -0.25) is 48.2 Å². The van der Waals surface area contributed by atoms with E-state index in [9.17, 15) is 48.6 Å². The van der Waals surface area contributed by atoms with E-state index in [1.54, 1.807) is 51.8 Å². The number of aliphatic hydroxyl groups excluding tert-OH is 2. The molecule has 488 valence electrons. The molecule has 88 heavy (non-hydrogen) atoms. The molecule has 24 atom stereocenters. The molecule has 0 bridgehead atoms. The highest BCUT2D eigenvalue weighted by Gasteiger charge is 2.83. The van der Waals surface area contributed by atoms with Crippen molar-refractivity contribution in [1.29, 1.82) is 0 Å². The molecule has 0 saturated heterocycles. The van der Waals surface area contributed by atoms with Gasteiger partial charge in [0.15, 0.2) is 23.1 Å². The monoisotopic (exact) mass is 1220 g/mol. The smallest absolute Gasteiger partial charge is 0.320 e. The van der Waals surface area contributed by atoms with Gasteiger partial charge in [0.2, 0.25) is 0 Å². The van der Waals surface area contributed by atoms with Crippen LogP contribution in [0.25, 0.3) is 0 Å². The second kappa shape index (κ2) is 23.8. The normalized spacial score (nSPS) is 42.2. The number of hydrogen-bond acceptors (Lipinski definition) is 16. The van der Waals surface area contributed by atoms with Crippen molar-refractivity contribution in [3.63, 3.8) is 0 Å². The van der Waals surface area contributed by atoms with Gasteiger partial charge in [0.05, 0.1) is 26.3 Å². The van der Waals surface area contributed by atoms with E-state index in [4.69, 9.17) is 18.9 Å². The van der Waals surface area contributed by atoms with Crippen molar-refractivity contribution in [2.24, 2.45) is 114 Å². The highest BCUT2D eigenvalue weighted by molar-refractivity contribution is 5.99. The fourth-order valence-corrected chi connectivity index (χ4v) is 22.3. The summed E-state index contributed by atoms with van der Waals surface area (Å²) in [5.41, 5.74) is 0.0462. The predicted molar refractivity (Wildman–Crippen MR) is 332 cm³/mol. The van der Waals surface area contributed by atoms with Crippen LogP contribution >= 0.6 is 0 Å². The van der Waals surface area contributed by atoms with Crippen LogP contribution in [-0.4, -0.2) is 146 Å². The number of hydrogen-bond donors (Lipinski definition) is 2. The van der Waals surface area contributed by atoms with Crippen LogP contribution in [0.4, 0.5) is 0 Å². The zero-order chi connectivity index (χ0) is 65.1. The summed E-state index contributed by atoms with van der Waals surface area (Å²) in [6, 6.07) is 0. The molecule has 10 aliphatic rings. The van der Waals surface area contributed by atoms with E-state index >= 15 is 0 Å². The first-order valence-corrected chi connectivity index (χ1v) is 33.1. The quantitative estimate of drug-likeness (QED) is 0.0658. The average Bonchev–Trinajstić information content (AvgIpc) is 1.48. The zero-order valence-electron chi connectivity index (χ0n) is 56.0. The van der Waals surface area contributed by atoms with Crippen molar-refractivity contribution < 1.29 is 67.5 Å². The fraction of sp³-hybridized carbons (Fsp3) is 0.778. The van der Waals surface area contributed by atoms with E-state index in [1.165, 1.54) is 13.8 Å². The Labute approximate surface area is 524 Å². The van der Waals surface area contributed by atoms with Crippen molar-refractivity contribution >= 4 is 47.0 Å². The number of nitrogens with zero attached hydrogens (tertiary/aromatic N) is 2. The average molecular weight is 1220 g/mol. The Morgan fingerprint density at radius 1 is 0.568 bits per heavy atom. The molecule has 0 heterocycles. The number of allylic oxidation sites excluding steroid dienone is 4. The minimum Gasteiger partial charge on any atom is -0.464 e. The van der Waals surface area contributed by atoms with Gasteiger partial charge in [-0.05, 0) is 207 Å². The van der Waals surface area contributed by atoms with Gasteiger partial charge >= 0.3 is 23.9 Å². The topological polar surface area (TPSA) is 220 Å². The van der Waals surface area contributed by atoms with Crippen molar-refractivity contribution in [3.8, 4) is 0 Å². The van der Waals surface area contributed by atoms with E-state index < -0.39 is 59.7 Å². The molecular weight excluding hydrogens is 1120 g/mol. The third-order valence-corrected chi connectivity index (χ3v) is 27.1. The molecule has 8 fully saturated rings. The number of ether oxygens (including phenoxy) is 4. The Morgan fingerprint density at radius 2 is 0.909 bits per heavy atom. The molecule has 0 aromatic rings. The highest BCUT2D eigenvalue weighted by atomic mass is 16.6. The molecule has 4 spiro atoms. The van der Waals surface area contributed by atoms with Gasteiger partial charge in [-0.15, -0.1) is 0 Å². The molecule has 16 heteroatoms. The van der Waals surface area contributed by atoms with Gasteiger partial charge in [0.1, 0.15) is 24.4 Å². The SMILES string of the molecule is C=C(C(=O)[C@H](O)[C@@H](C)[C@H]1[C@@H](OC(C)=O)C[C@@]2(C)C3CCC4[C@H](C)C(=O)C=C[C@@]45C[C@@]35CC[C@]12C)[C@@H](C)COC(=O)CN(C)C.C=C(C(=O)[C@H](O)[C@@H](C)[C@H]1[C@@H](OC(C)=O)C[C@@]2(C)C3CCC4[C@H](C)C(=O)C=C[C@@]45C[C@@]35CC[C@]12C)[C@@H](C)COC(=O)CN(C)C. The first-order chi connectivity index (χ1) is 40.9. The maximum atomic E-state index is 13.6. The summed E-state index contributed by atoms with van der Waals surface area (Å²) in [6.45, 7) is 32.1. The molecular formula is C72H106N2O14. The zero-order valence-corrected chi connectivity index (χ0v) is 56.0. The second-order valence-corrected chi connectivity index (χ2v) is 31.7. The highest BCUT2D eigenvalue weighted by Crippen LogP contribution is 2.89. The number of aliphatic hydroxyl groups is 2. The number of likely N-dealkylation sites (N-methyl/N-ethyl adjacent to an activating group) is 2. The Balaban J connectivity index is 0.000000209. The first kappa shape index (κ1) is 67.7. The standard InChI is InChI=1S/2C36H53NO7/c2*1-20(18-43-29(40)17-37(8)9)21(2)31(41)32(42)23(4)30-27(44-24(5)38)16-34(7)28-11-10-25-22(3)26(39)12-13-35(25)19-36(28,35)15-14-33(30,34)6/h2*12-13,20,22-23,25,27-28,30,32,42H,2,10-11,14-19H2,1,3-9H3/t2*20-,22-,23-,25?,27-,28?,30-,32+,33+,34-,35+,36-/m00/s1. The van der Waals surface area contributed by atoms with E-state index in [-0.39, 0.29) is 140 Å². The summed E-state index contributed by atoms with van der Waals surface area (Å²) in [7, 11) is 7.10. The summed E-state index contributed by atoms with van der Waals surface area (Å²) in [4.78, 5) is 105. The number of rotatable bonds is 20. The molecule has 0 aliphatic heterocycles. The lowest BCUT2D eigenvalue weighted by Crippen LogP contribution is -2.56. The van der Waals surface area contributed by atoms with Crippen molar-refractivity contribution in [3.05, 3.63) is 48.6 Å². The number of ketones is 4. The summed E-state index contributed by atoms with van der Waals surface area (Å²) in [5.74, 6) is -2.46. The van der Waals surface area contributed by atoms with Crippen molar-refractivity contribution in [2.45, 2.75) is 185 Å². The van der Waals surface area contributed by atoms with Crippen LogP contribution in [0.5, 0.6) is 0 Å². The lowest BCUT2D eigenvalue weighted by atomic mass is 9.43. The number of fused-ring (bicyclic) bond motifs is 4. The maximum Gasteiger partial charge on any atom is 0.320 e. The summed E-state index contributed by atoms with van der Waals surface area (Å²) in [6.07, 6.45) is 16.4. The van der Waals surface area contributed by atoms with Gasteiger partial charge in [0, 0.05) is 49.4 Å². The van der Waals surface area contributed by atoms with Crippen LogP contribution in [-0.2, 0) is 57.3 Å². The first-order valence-electron chi connectivity index (χ1n) is 33.1. The molecule has 0 aromatic heterocycles. The molecule has 2 N–H and O–H groups in total. The Morgan fingerprint density at radius 3 is 1.23 bits per heavy atom. The molecule has 0 aromatic carbocycles. The van der Waals surface area contributed by atoms with Crippen LogP contribution in [0, 0.1) is 114 Å². The van der Waals surface area contributed by atoms with E-state index in [2.05, 4.69) is 66.9 Å². The van der Waals surface area contributed by atoms with E-state index in [0.717, 1.165) is 64.2 Å². The summed E-state index contributed by atoms with van der Waals surface area (Å²) in [5, 5.41) is 23.2. The van der Waals surface area contributed by atoms with Crippen LogP contribution in [0.2, 0.25) is 0 Å². The van der Waals surface area contributed by atoms with Crippen LogP contribution in [0.1, 0.15) is 160 Å². The Kier molecular flexibility index (Phi) is 18.3. The lowest BCUT2D eigenvalue weighted by Gasteiger charge is -2.61. The number of Topliss-reactive ketones (excluding diaryl/α,β-unsaturated/α-hetero) is 2. The molecule has 4 unspecified atom stereocenters. The Bertz CT molecular complexity index is 2740. The van der Waals surface area contributed by atoms with E-state index in [0.29, 0.717) is 36.5 Å². The largest absolute Gasteiger partial charge is 0.464 e. The third kappa shape index (κ3) is 10.5. The fourth-order valence-electron chi connectivity index (χ4n) is 22.3. The third-order valence-electron chi connectivity index (χ3n) is 27.1. The summed E-state index contributed by atoms with van der Waals surface area (Å²) < 4.78 is 22.8. The van der Waals surface area contributed by atoms with E-state index in [1.807, 2.05) is 26.0 Å². The molecule has 16 nitrogen and oxygen atoms in total. The van der Waals surface area contributed by atoms with Gasteiger partial charge < -0.3 is 29.2 Å². The lowest BCUT2D eigenvalue weighted by molar-refractivity contribution is -0.155. The summed E-state index contributed by atoms with van der Waals surface area (Å²) >= 11 is 0. The minimum absolute atomic E-state index is 0.0127. The maximum absolute atomic E-state index is 13.6. The number of esters is 4. The molecule has 0 radical (unpaired) electrons. The number of carbonyl (C=O) groups excluding carboxylic acids is 8. The van der Waals surface area contributed by atoms with Gasteiger partial charge in [-0.2, -0.15) is 0 Å². The molecule has 0 amide bonds. The predicted octanol–water partition coefficient (Wildman–Crippen LogP) is 9.57. The molecule has 10 aliphatic carbocycles. The van der Waals surface area contributed by atoms with Crippen LogP contribution < -0.4 is 0 Å². The van der Waals surface area contributed by atoms with Gasteiger partial charge in [0.25, 0.3) is 0 Å². The van der Waals surface area contributed by atoms with Gasteiger partial charge in [-0.25, -0.2) is 0 Å². The van der Waals surface area contributed by atoms with Gasteiger partial charge in [-0.1, -0.05) is 94.5 Å². The van der Waals surface area contributed by atoms with Crippen molar-refractivity contribution in [1.82, 2.24) is 9.80 Å². The number of carbonyl (C=O) groups is 8. The second-order valence-electron chi connectivity index (χ2n) is 31.7. The molecule has 10 rings (SSSR count). The Hall–Kier alpha value is -4.64. The van der Waals surface area contributed by atoms with Crippen LogP contribution in [0.15, 0.2) is 48.6 Å².